The van der Waals surface area contributed by atoms with E-state index < -0.39 is 0 Å². The van der Waals surface area contributed by atoms with E-state index in [1.807, 2.05) is 0 Å². The van der Waals surface area contributed by atoms with Crippen LogP contribution in [0.25, 0.3) is 0 Å². The Morgan fingerprint density at radius 2 is 2.05 bits per heavy atom. The number of nitrogens with zero attached hydrogens (tertiary/aromatic N) is 1. The van der Waals surface area contributed by atoms with Gasteiger partial charge in [0.25, 0.3) is 11.5 Å². The van der Waals surface area contributed by atoms with Crippen molar-refractivity contribution < 1.29 is 4.79 Å². The molecule has 1 aromatic carbocycles. The molecule has 1 amide bonds. The van der Waals surface area contributed by atoms with Crippen LogP contribution in [-0.4, -0.2) is 22.6 Å². The van der Waals surface area contributed by atoms with Crippen LogP contribution in [0.3, 0.4) is 0 Å². The van der Waals surface area contributed by atoms with Gasteiger partial charge in [-0.15, -0.1) is 0 Å². The van der Waals surface area contributed by atoms with Crippen molar-refractivity contribution in [3.05, 3.63) is 63.1 Å². The lowest BCUT2D eigenvalue weighted by atomic mass is 10.0. The number of hydrogen-bond acceptors (Lipinski definition) is 3. The van der Waals surface area contributed by atoms with Gasteiger partial charge in [0, 0.05) is 12.6 Å². The van der Waals surface area contributed by atoms with Crippen LogP contribution in [0.2, 0.25) is 0 Å². The lowest BCUT2D eigenvalue weighted by molar-refractivity contribution is 0.0948. The molecule has 2 rings (SSSR count). The lowest BCUT2D eigenvalue weighted by Gasteiger charge is -2.08. The summed E-state index contributed by atoms with van der Waals surface area (Å²) in [5, 5.41) is 8.71. The van der Waals surface area contributed by atoms with Gasteiger partial charge >= 0.3 is 0 Å². The predicted molar refractivity (Wildman–Crippen MR) is 76.8 cm³/mol. The van der Waals surface area contributed by atoms with Gasteiger partial charge in [-0.3, -0.25) is 9.59 Å². The molecule has 0 aliphatic carbocycles. The smallest absolute Gasteiger partial charge is 0.271 e. The van der Waals surface area contributed by atoms with Gasteiger partial charge in [-0.2, -0.15) is 5.10 Å². The van der Waals surface area contributed by atoms with Crippen molar-refractivity contribution in [3.8, 4) is 0 Å². The third kappa shape index (κ3) is 3.54. The fraction of sp³-hybridized carbons (Fsp3) is 0.267. The number of aryl methyl sites for hydroxylation is 2. The van der Waals surface area contributed by atoms with Gasteiger partial charge in [0.2, 0.25) is 0 Å². The summed E-state index contributed by atoms with van der Waals surface area (Å²) in [7, 11) is 0. The van der Waals surface area contributed by atoms with Crippen molar-refractivity contribution in [2.24, 2.45) is 0 Å². The first-order chi connectivity index (χ1) is 9.56. The Morgan fingerprint density at radius 3 is 2.70 bits per heavy atom. The summed E-state index contributed by atoms with van der Waals surface area (Å²) in [4.78, 5) is 22.6. The molecule has 20 heavy (non-hydrogen) atoms. The zero-order chi connectivity index (χ0) is 14.5. The SMILES string of the molecule is Cc1ccc(CCNC(=O)c2ccc(=O)[nH]n2)c(C)c1. The highest BCUT2D eigenvalue weighted by Crippen LogP contribution is 2.10. The van der Waals surface area contributed by atoms with E-state index in [-0.39, 0.29) is 17.2 Å². The fourth-order valence-electron chi connectivity index (χ4n) is 2.00. The number of nitrogens with one attached hydrogen (secondary N) is 2. The summed E-state index contributed by atoms with van der Waals surface area (Å²) >= 11 is 0. The monoisotopic (exact) mass is 271 g/mol. The second kappa shape index (κ2) is 6.14. The zero-order valence-electron chi connectivity index (χ0n) is 11.6. The first kappa shape index (κ1) is 14.0. The summed E-state index contributed by atoms with van der Waals surface area (Å²) < 4.78 is 0. The van der Waals surface area contributed by atoms with E-state index in [0.717, 1.165) is 6.42 Å². The van der Waals surface area contributed by atoms with Gasteiger partial charge in [0.1, 0.15) is 5.69 Å². The average Bonchev–Trinajstić information content (AvgIpc) is 2.42. The molecule has 0 aliphatic rings. The second-order valence-electron chi connectivity index (χ2n) is 4.74. The number of aromatic amines is 1. The van der Waals surface area contributed by atoms with Crippen molar-refractivity contribution in [2.45, 2.75) is 20.3 Å². The molecule has 5 heteroatoms. The van der Waals surface area contributed by atoms with Crippen molar-refractivity contribution in [2.75, 3.05) is 6.54 Å². The fourth-order valence-corrected chi connectivity index (χ4v) is 2.00. The highest BCUT2D eigenvalue weighted by molar-refractivity contribution is 5.91. The number of H-pyrrole nitrogens is 1. The summed E-state index contributed by atoms with van der Waals surface area (Å²) in [5.41, 5.74) is 3.56. The number of rotatable bonds is 4. The Kier molecular flexibility index (Phi) is 4.30. The van der Waals surface area contributed by atoms with Gasteiger partial charge in [-0.05, 0) is 37.5 Å². The van der Waals surface area contributed by atoms with Gasteiger partial charge < -0.3 is 5.32 Å². The molecule has 2 aromatic rings. The Bertz CT molecular complexity index is 657. The van der Waals surface area contributed by atoms with E-state index in [2.05, 4.69) is 47.6 Å². The van der Waals surface area contributed by atoms with E-state index in [1.165, 1.54) is 28.8 Å². The minimum atomic E-state index is -0.322. The Balaban J connectivity index is 1.91. The van der Waals surface area contributed by atoms with E-state index in [0.29, 0.717) is 6.54 Å². The van der Waals surface area contributed by atoms with Crippen LogP contribution in [0, 0.1) is 13.8 Å². The van der Waals surface area contributed by atoms with Gasteiger partial charge in [0.05, 0.1) is 0 Å². The highest BCUT2D eigenvalue weighted by atomic mass is 16.2. The molecule has 0 aliphatic heterocycles. The molecule has 0 saturated heterocycles. The van der Waals surface area contributed by atoms with Crippen molar-refractivity contribution in [1.82, 2.24) is 15.5 Å². The Hall–Kier alpha value is -2.43. The van der Waals surface area contributed by atoms with Crippen LogP contribution in [0.4, 0.5) is 0 Å². The van der Waals surface area contributed by atoms with Crippen LogP contribution < -0.4 is 10.9 Å². The highest BCUT2D eigenvalue weighted by Gasteiger charge is 2.06. The van der Waals surface area contributed by atoms with Crippen LogP contribution in [-0.2, 0) is 6.42 Å². The van der Waals surface area contributed by atoms with E-state index in [1.54, 1.807) is 0 Å². The number of hydrogen-bond donors (Lipinski definition) is 2. The molecule has 0 bridgehead atoms. The second-order valence-corrected chi connectivity index (χ2v) is 4.74. The number of aromatic nitrogens is 2. The normalized spacial score (nSPS) is 10.3. The van der Waals surface area contributed by atoms with Crippen LogP contribution in [0.1, 0.15) is 27.2 Å². The van der Waals surface area contributed by atoms with Crippen molar-refractivity contribution in [3.63, 3.8) is 0 Å². The van der Waals surface area contributed by atoms with Crippen LogP contribution in [0.5, 0.6) is 0 Å². The summed E-state index contributed by atoms with van der Waals surface area (Å²) in [6.07, 6.45) is 0.765. The van der Waals surface area contributed by atoms with Crippen molar-refractivity contribution in [1.29, 1.82) is 0 Å². The zero-order valence-corrected chi connectivity index (χ0v) is 11.6. The minimum absolute atomic E-state index is 0.213. The Labute approximate surface area is 117 Å². The maximum atomic E-state index is 11.8. The molecular weight excluding hydrogens is 254 g/mol. The number of amides is 1. The van der Waals surface area contributed by atoms with E-state index in [9.17, 15) is 9.59 Å². The topological polar surface area (TPSA) is 74.8 Å². The van der Waals surface area contributed by atoms with Crippen LogP contribution in [0.15, 0.2) is 35.1 Å². The molecule has 0 radical (unpaired) electrons. The number of carbonyl (C=O) groups is 1. The minimum Gasteiger partial charge on any atom is -0.350 e. The molecule has 1 aromatic heterocycles. The molecule has 5 nitrogen and oxygen atoms in total. The van der Waals surface area contributed by atoms with E-state index >= 15 is 0 Å². The average molecular weight is 271 g/mol. The third-order valence-corrected chi connectivity index (χ3v) is 3.09. The van der Waals surface area contributed by atoms with Gasteiger partial charge in [0.15, 0.2) is 0 Å². The van der Waals surface area contributed by atoms with Crippen molar-refractivity contribution >= 4 is 5.91 Å². The summed E-state index contributed by atoms with van der Waals surface area (Å²) in [5.74, 6) is -0.286. The first-order valence-corrected chi connectivity index (χ1v) is 6.46. The predicted octanol–water partition coefficient (Wildman–Crippen LogP) is 1.36. The molecule has 0 saturated carbocycles. The third-order valence-electron chi connectivity index (χ3n) is 3.09. The van der Waals surface area contributed by atoms with Gasteiger partial charge in [-0.1, -0.05) is 23.8 Å². The first-order valence-electron chi connectivity index (χ1n) is 6.46. The maximum absolute atomic E-state index is 11.8. The molecule has 2 N–H and O–H groups in total. The summed E-state index contributed by atoms with van der Waals surface area (Å²) in [6.45, 7) is 4.65. The molecule has 0 unspecified atom stereocenters. The van der Waals surface area contributed by atoms with Crippen LogP contribution >= 0.6 is 0 Å². The number of benzene rings is 1. The number of carbonyl (C=O) groups excluding carboxylic acids is 1. The largest absolute Gasteiger partial charge is 0.350 e. The quantitative estimate of drug-likeness (QED) is 0.881. The lowest BCUT2D eigenvalue weighted by Crippen LogP contribution is -2.27. The molecular formula is C15H17N3O2. The molecule has 0 fully saturated rings. The maximum Gasteiger partial charge on any atom is 0.271 e. The van der Waals surface area contributed by atoms with E-state index in [4.69, 9.17) is 0 Å². The molecule has 0 spiro atoms. The molecule has 104 valence electrons. The molecule has 0 atom stereocenters. The summed E-state index contributed by atoms with van der Waals surface area (Å²) in [6, 6.07) is 8.96. The van der Waals surface area contributed by atoms with Gasteiger partial charge in [-0.25, -0.2) is 5.10 Å². The standard InChI is InChI=1S/C15H17N3O2/c1-10-3-4-12(11(2)9-10)7-8-16-15(20)13-5-6-14(19)18-17-13/h3-6,9H,7-8H2,1-2H3,(H,16,20)(H,18,19). The Morgan fingerprint density at radius 1 is 1.25 bits per heavy atom. The molecule has 1 heterocycles.